The molecule has 0 radical (unpaired) electrons. The van der Waals surface area contributed by atoms with Crippen LogP contribution >= 0.6 is 25.0 Å². The minimum Gasteiger partial charge on any atom is -0.288 e. The van der Waals surface area contributed by atoms with E-state index in [1.807, 2.05) is 0 Å². The molecule has 0 spiro atoms. The minimum atomic E-state index is -0.0509. The molecule has 6 heavy (non-hydrogen) atoms. The molecule has 0 aliphatic rings. The topological polar surface area (TPSA) is 17.1 Å². The summed E-state index contributed by atoms with van der Waals surface area (Å²) in [5, 5.41) is -0.0509. The van der Waals surface area contributed by atoms with Crippen molar-refractivity contribution in [2.75, 3.05) is 0 Å². The van der Waals surface area contributed by atoms with E-state index in [-0.39, 0.29) is 17.5 Å². The van der Waals surface area contributed by atoms with Crippen molar-refractivity contribution in [3.8, 4) is 0 Å². The van der Waals surface area contributed by atoms with Crippen LogP contribution in [0.2, 0.25) is 0 Å². The molecular weight excluding hydrogens is 120 g/mol. The molecule has 0 atom stereocenters. The summed E-state index contributed by atoms with van der Waals surface area (Å²) in [4.78, 5) is 9.68. The van der Waals surface area contributed by atoms with Crippen LogP contribution in [0.25, 0.3) is 0 Å². The van der Waals surface area contributed by atoms with E-state index in [1.54, 1.807) is 6.92 Å². The quantitative estimate of drug-likeness (QED) is 0.524. The molecule has 0 aliphatic heterocycles. The first kappa shape index (κ1) is 9.58. The molecule has 0 aromatic carbocycles. The number of halogens is 1. The van der Waals surface area contributed by atoms with E-state index in [4.69, 9.17) is 0 Å². The summed E-state index contributed by atoms with van der Waals surface area (Å²) < 4.78 is 0. The van der Waals surface area contributed by atoms with Crippen molar-refractivity contribution in [1.82, 2.24) is 0 Å². The van der Waals surface area contributed by atoms with Crippen molar-refractivity contribution in [3.05, 3.63) is 0 Å². The molecule has 0 aromatic heterocycles. The number of hydrogen-bond donors (Lipinski definition) is 1. The van der Waals surface area contributed by atoms with Gasteiger partial charge in [-0.25, -0.2) is 0 Å². The molecule has 0 heterocycles. The third-order valence-electron chi connectivity index (χ3n) is 0.302. The average Bonchev–Trinajstić information content (AvgIpc) is 1.38. The Morgan fingerprint density at radius 1 is 1.83 bits per heavy atom. The highest BCUT2D eigenvalue weighted by molar-refractivity contribution is 7.96. The normalized spacial score (nSPS) is 6.33. The molecular formula is C3H7ClOS. The Kier molecular flexibility index (Phi) is 8.48. The maximum absolute atomic E-state index is 9.68. The van der Waals surface area contributed by atoms with Crippen molar-refractivity contribution in [2.24, 2.45) is 0 Å². The van der Waals surface area contributed by atoms with Gasteiger partial charge in [0, 0.05) is 6.42 Å². The van der Waals surface area contributed by atoms with Gasteiger partial charge in [0.25, 0.3) is 0 Å². The summed E-state index contributed by atoms with van der Waals surface area (Å²) in [5.74, 6) is 0. The Balaban J connectivity index is 0. The molecule has 0 rings (SSSR count). The van der Waals surface area contributed by atoms with Gasteiger partial charge >= 0.3 is 0 Å². The maximum Gasteiger partial charge on any atom is 0.185 e. The van der Waals surface area contributed by atoms with Crippen molar-refractivity contribution in [2.45, 2.75) is 13.3 Å². The van der Waals surface area contributed by atoms with E-state index >= 15 is 0 Å². The van der Waals surface area contributed by atoms with Gasteiger partial charge in [-0.05, 0) is 0 Å². The zero-order valence-electron chi connectivity index (χ0n) is 3.47. The first-order valence-corrected chi connectivity index (χ1v) is 1.94. The zero-order chi connectivity index (χ0) is 4.28. The summed E-state index contributed by atoms with van der Waals surface area (Å²) in [6.07, 6.45) is 0.531. The summed E-state index contributed by atoms with van der Waals surface area (Å²) in [5.41, 5.74) is 0. The lowest BCUT2D eigenvalue weighted by Crippen LogP contribution is -1.74. The lowest BCUT2D eigenvalue weighted by molar-refractivity contribution is -0.110. The Morgan fingerprint density at radius 3 is 2.00 bits per heavy atom. The number of rotatable bonds is 1. The smallest absolute Gasteiger partial charge is 0.185 e. The van der Waals surface area contributed by atoms with Crippen LogP contribution in [0.4, 0.5) is 0 Å². The highest BCUT2D eigenvalue weighted by Gasteiger charge is 1.78. The first-order valence-electron chi connectivity index (χ1n) is 1.49. The van der Waals surface area contributed by atoms with Gasteiger partial charge in [0.1, 0.15) is 0 Å². The number of hydrogen-bond acceptors (Lipinski definition) is 1. The van der Waals surface area contributed by atoms with Gasteiger partial charge in [-0.1, -0.05) is 6.92 Å². The first-order chi connectivity index (χ1) is 2.27. The Morgan fingerprint density at radius 2 is 2.00 bits per heavy atom. The van der Waals surface area contributed by atoms with Crippen LogP contribution < -0.4 is 0 Å². The van der Waals surface area contributed by atoms with Crippen molar-refractivity contribution < 1.29 is 4.79 Å². The second kappa shape index (κ2) is 5.31. The second-order valence-corrected chi connectivity index (χ2v) is 1.25. The van der Waals surface area contributed by atoms with E-state index in [0.717, 1.165) is 0 Å². The van der Waals surface area contributed by atoms with Crippen LogP contribution in [-0.4, -0.2) is 5.12 Å². The summed E-state index contributed by atoms with van der Waals surface area (Å²) in [7, 11) is 0. The van der Waals surface area contributed by atoms with Crippen molar-refractivity contribution in [1.29, 1.82) is 0 Å². The SMILES string of the molecule is CCC(=O)S.Cl. The second-order valence-electron chi connectivity index (χ2n) is 0.747. The molecule has 0 aliphatic carbocycles. The molecule has 1 nitrogen and oxygen atoms in total. The third-order valence-corrected chi connectivity index (χ3v) is 0.619. The van der Waals surface area contributed by atoms with Crippen LogP contribution in [0.1, 0.15) is 13.3 Å². The lowest BCUT2D eigenvalue weighted by atomic mass is 10.6. The molecule has 3 heteroatoms. The summed E-state index contributed by atoms with van der Waals surface area (Å²) in [6.45, 7) is 1.77. The molecule has 0 amide bonds. The molecule has 0 unspecified atom stereocenters. The standard InChI is InChI=1S/C3H6OS.ClH/c1-2-3(4)5;/h2H2,1H3,(H,4,5);1H. The van der Waals surface area contributed by atoms with Crippen LogP contribution in [-0.2, 0) is 4.79 Å². The van der Waals surface area contributed by atoms with Gasteiger partial charge in [0.2, 0.25) is 0 Å². The minimum absolute atomic E-state index is 0. The van der Waals surface area contributed by atoms with Crippen LogP contribution in [0.15, 0.2) is 0 Å². The monoisotopic (exact) mass is 126 g/mol. The average molecular weight is 127 g/mol. The molecule has 0 fully saturated rings. The van der Waals surface area contributed by atoms with Gasteiger partial charge in [-0.15, -0.1) is 25.0 Å². The maximum atomic E-state index is 9.68. The molecule has 0 saturated heterocycles. The fraction of sp³-hybridized carbons (Fsp3) is 0.667. The lowest BCUT2D eigenvalue weighted by Gasteiger charge is -1.70. The van der Waals surface area contributed by atoms with E-state index in [1.165, 1.54) is 0 Å². The van der Waals surface area contributed by atoms with Crippen molar-refractivity contribution >= 4 is 30.2 Å². The number of thiol groups is 1. The van der Waals surface area contributed by atoms with Gasteiger partial charge in [-0.3, -0.25) is 4.79 Å². The molecule has 0 N–H and O–H groups in total. The van der Waals surface area contributed by atoms with Gasteiger partial charge in [0.15, 0.2) is 5.12 Å². The predicted molar refractivity (Wildman–Crippen MR) is 31.5 cm³/mol. The Hall–Kier alpha value is 0.310. The Labute approximate surface area is 48.9 Å². The van der Waals surface area contributed by atoms with Gasteiger partial charge in [0.05, 0.1) is 0 Å². The molecule has 0 aromatic rings. The van der Waals surface area contributed by atoms with Crippen LogP contribution in [0.5, 0.6) is 0 Å². The number of carbonyl (C=O) groups excluding carboxylic acids is 1. The fourth-order valence-corrected chi connectivity index (χ4v) is 0. The van der Waals surface area contributed by atoms with Gasteiger partial charge in [-0.2, -0.15) is 0 Å². The summed E-state index contributed by atoms with van der Waals surface area (Å²) >= 11 is 3.46. The van der Waals surface area contributed by atoms with E-state index in [0.29, 0.717) is 6.42 Å². The molecule has 0 bridgehead atoms. The molecule has 38 valence electrons. The number of carbonyl (C=O) groups is 1. The highest BCUT2D eigenvalue weighted by Crippen LogP contribution is 1.80. The van der Waals surface area contributed by atoms with Crippen LogP contribution in [0, 0.1) is 0 Å². The predicted octanol–water partition coefficient (Wildman–Crippen LogP) is 1.27. The van der Waals surface area contributed by atoms with E-state index < -0.39 is 0 Å². The van der Waals surface area contributed by atoms with Crippen molar-refractivity contribution in [3.63, 3.8) is 0 Å². The largest absolute Gasteiger partial charge is 0.288 e. The van der Waals surface area contributed by atoms with Gasteiger partial charge < -0.3 is 0 Å². The summed E-state index contributed by atoms with van der Waals surface area (Å²) in [6, 6.07) is 0. The van der Waals surface area contributed by atoms with Crippen LogP contribution in [0.3, 0.4) is 0 Å². The highest BCUT2D eigenvalue weighted by atomic mass is 35.5. The van der Waals surface area contributed by atoms with E-state index in [9.17, 15) is 4.79 Å². The van der Waals surface area contributed by atoms with E-state index in [2.05, 4.69) is 12.6 Å². The Bertz CT molecular complexity index is 46.1. The third kappa shape index (κ3) is 8.85. The fourth-order valence-electron chi connectivity index (χ4n) is 0. The molecule has 0 saturated carbocycles. The zero-order valence-corrected chi connectivity index (χ0v) is 5.18.